The van der Waals surface area contributed by atoms with E-state index < -0.39 is 55.1 Å². The van der Waals surface area contributed by atoms with Crippen LogP contribution in [0.15, 0.2) is 0 Å². The molecule has 0 aromatic carbocycles. The Labute approximate surface area is 245 Å². The number of hydrogen-bond acceptors (Lipinski definition) is 15. The van der Waals surface area contributed by atoms with Gasteiger partial charge in [0.05, 0.1) is 19.8 Å². The molecule has 0 aromatic heterocycles. The van der Waals surface area contributed by atoms with Crippen LogP contribution in [0.3, 0.4) is 0 Å². The van der Waals surface area contributed by atoms with Gasteiger partial charge in [-0.3, -0.25) is 28.8 Å². The third-order valence-electron chi connectivity index (χ3n) is 5.10. The Morgan fingerprint density at radius 3 is 1.00 bits per heavy atom. The summed E-state index contributed by atoms with van der Waals surface area (Å²) in [6.07, 6.45) is -0.933. The van der Waals surface area contributed by atoms with Crippen LogP contribution in [-0.2, 0) is 71.4 Å². The van der Waals surface area contributed by atoms with Crippen LogP contribution < -0.4 is 0 Å². The minimum Gasteiger partial charge on any atom is -0.463 e. The van der Waals surface area contributed by atoms with Gasteiger partial charge in [0.15, 0.2) is 6.10 Å². The maximum Gasteiger partial charge on any atom is 0.306 e. The van der Waals surface area contributed by atoms with Crippen molar-refractivity contribution in [3.63, 3.8) is 0 Å². The van der Waals surface area contributed by atoms with Crippen LogP contribution in [0.5, 0.6) is 0 Å². The third-order valence-corrected chi connectivity index (χ3v) is 5.10. The molecule has 0 aliphatic rings. The lowest BCUT2D eigenvalue weighted by Crippen LogP contribution is -2.31. The molecule has 0 saturated heterocycles. The second kappa shape index (κ2) is 26.6. The number of ether oxygens (including phenoxy) is 9. The van der Waals surface area contributed by atoms with Crippen LogP contribution in [0, 0.1) is 0 Å². The largest absolute Gasteiger partial charge is 0.463 e. The molecule has 0 unspecified atom stereocenters. The predicted octanol–water partition coefficient (Wildman–Crippen LogP) is 1.06. The van der Waals surface area contributed by atoms with Crippen molar-refractivity contribution in [3.05, 3.63) is 0 Å². The van der Waals surface area contributed by atoms with Crippen LogP contribution >= 0.6 is 0 Å². The van der Waals surface area contributed by atoms with Gasteiger partial charge < -0.3 is 42.6 Å². The van der Waals surface area contributed by atoms with Gasteiger partial charge >= 0.3 is 35.8 Å². The first-order valence-corrected chi connectivity index (χ1v) is 13.7. The van der Waals surface area contributed by atoms with E-state index in [1.807, 2.05) is 0 Å². The Morgan fingerprint density at radius 1 is 0.405 bits per heavy atom. The van der Waals surface area contributed by atoms with E-state index in [9.17, 15) is 28.8 Å². The average molecular weight is 609 g/mol. The zero-order valence-corrected chi connectivity index (χ0v) is 24.7. The van der Waals surface area contributed by atoms with Crippen molar-refractivity contribution in [1.29, 1.82) is 0 Å². The highest BCUT2D eigenvalue weighted by atomic mass is 16.6. The van der Waals surface area contributed by atoms with E-state index in [1.165, 1.54) is 21.3 Å². The third kappa shape index (κ3) is 24.5. The van der Waals surface area contributed by atoms with Crippen molar-refractivity contribution in [1.82, 2.24) is 0 Å². The number of esters is 6. The fourth-order valence-electron chi connectivity index (χ4n) is 2.94. The smallest absolute Gasteiger partial charge is 0.306 e. The second-order valence-electron chi connectivity index (χ2n) is 8.68. The lowest BCUT2D eigenvalue weighted by molar-refractivity contribution is -0.167. The molecular weight excluding hydrogens is 564 g/mol. The Balaban J connectivity index is 4.64. The van der Waals surface area contributed by atoms with Gasteiger partial charge in [0.25, 0.3) is 0 Å². The molecule has 0 amide bonds. The molecule has 0 aliphatic heterocycles. The van der Waals surface area contributed by atoms with E-state index in [1.54, 1.807) is 0 Å². The second-order valence-corrected chi connectivity index (χ2v) is 8.68. The summed E-state index contributed by atoms with van der Waals surface area (Å²) in [6.45, 7) is 0.295. The molecule has 242 valence electrons. The molecule has 0 spiro atoms. The van der Waals surface area contributed by atoms with Gasteiger partial charge in [-0.25, -0.2) is 0 Å². The maximum absolute atomic E-state index is 12.3. The number of methoxy groups -OCH3 is 3. The summed E-state index contributed by atoms with van der Waals surface area (Å²) in [5.74, 6) is -3.47. The first-order valence-electron chi connectivity index (χ1n) is 13.7. The SMILES string of the molecule is COCCOC(=O)CCCC(=O)OCC(COC(=O)CCCC(=O)OCCOC)OC(=O)CCCC(=O)OCCOC. The van der Waals surface area contributed by atoms with Gasteiger partial charge in [0.2, 0.25) is 0 Å². The van der Waals surface area contributed by atoms with Gasteiger partial charge in [-0.15, -0.1) is 0 Å². The normalized spacial score (nSPS) is 10.6. The monoisotopic (exact) mass is 608 g/mol. The number of rotatable bonds is 26. The highest BCUT2D eigenvalue weighted by Gasteiger charge is 2.20. The standard InChI is InChI=1S/C27H44O15/c1-34-13-16-37-22(28)7-4-10-25(31)40-19-21(42-27(33)12-6-9-24(30)39-18-15-36-3)20-41-26(32)11-5-8-23(29)38-17-14-35-2/h21H,4-20H2,1-3H3. The molecule has 0 fully saturated rings. The zero-order chi connectivity index (χ0) is 31.4. The van der Waals surface area contributed by atoms with Crippen molar-refractivity contribution in [3.8, 4) is 0 Å². The summed E-state index contributed by atoms with van der Waals surface area (Å²) < 4.78 is 44.6. The molecule has 0 aliphatic carbocycles. The molecule has 0 aromatic rings. The number of carbonyl (C=O) groups is 6. The molecule has 0 radical (unpaired) electrons. The molecule has 0 rings (SSSR count). The van der Waals surface area contributed by atoms with Crippen molar-refractivity contribution in [2.24, 2.45) is 0 Å². The highest BCUT2D eigenvalue weighted by molar-refractivity contribution is 5.74. The lowest BCUT2D eigenvalue weighted by Gasteiger charge is -2.18. The summed E-state index contributed by atoms with van der Waals surface area (Å²) in [7, 11) is 4.42. The predicted molar refractivity (Wildman–Crippen MR) is 142 cm³/mol. The van der Waals surface area contributed by atoms with Crippen molar-refractivity contribution >= 4 is 35.8 Å². The average Bonchev–Trinajstić information content (AvgIpc) is 2.95. The fraction of sp³-hybridized carbons (Fsp3) is 0.778. The fourth-order valence-corrected chi connectivity index (χ4v) is 2.94. The Hall–Kier alpha value is -3.30. The molecule has 15 nitrogen and oxygen atoms in total. The molecule has 0 saturated carbocycles. The Kier molecular flexibility index (Phi) is 24.5. The van der Waals surface area contributed by atoms with Gasteiger partial charge in [-0.2, -0.15) is 0 Å². The summed E-state index contributed by atoms with van der Waals surface area (Å²) in [6, 6.07) is 0. The van der Waals surface area contributed by atoms with E-state index in [0.717, 1.165) is 0 Å². The Bertz CT molecular complexity index is 754. The minimum absolute atomic E-state index is 0.00265. The van der Waals surface area contributed by atoms with E-state index in [-0.39, 0.29) is 97.4 Å². The maximum atomic E-state index is 12.3. The number of hydrogen-bond donors (Lipinski definition) is 0. The topological polar surface area (TPSA) is 185 Å². The lowest BCUT2D eigenvalue weighted by atomic mass is 10.2. The van der Waals surface area contributed by atoms with Crippen LogP contribution in [0.2, 0.25) is 0 Å². The molecule has 42 heavy (non-hydrogen) atoms. The van der Waals surface area contributed by atoms with E-state index in [2.05, 4.69) is 0 Å². The summed E-state index contributed by atoms with van der Waals surface area (Å²) in [5.41, 5.74) is 0. The summed E-state index contributed by atoms with van der Waals surface area (Å²) in [4.78, 5) is 71.4. The Morgan fingerprint density at radius 2 is 0.690 bits per heavy atom. The quantitative estimate of drug-likeness (QED) is 0.0770. The van der Waals surface area contributed by atoms with Gasteiger partial charge in [-0.05, 0) is 19.3 Å². The first-order chi connectivity index (χ1) is 20.2. The van der Waals surface area contributed by atoms with Gasteiger partial charge in [0.1, 0.15) is 33.0 Å². The summed E-state index contributed by atoms with van der Waals surface area (Å²) in [5, 5.41) is 0. The van der Waals surface area contributed by atoms with Gasteiger partial charge in [0, 0.05) is 59.9 Å². The van der Waals surface area contributed by atoms with Crippen molar-refractivity contribution in [2.75, 3.05) is 74.2 Å². The zero-order valence-electron chi connectivity index (χ0n) is 24.7. The molecule has 0 atom stereocenters. The molecule has 15 heteroatoms. The van der Waals surface area contributed by atoms with Crippen LogP contribution in [0.25, 0.3) is 0 Å². The molecule has 0 bridgehead atoms. The van der Waals surface area contributed by atoms with E-state index >= 15 is 0 Å². The minimum atomic E-state index is -1.11. The molecule has 0 heterocycles. The van der Waals surface area contributed by atoms with Crippen LogP contribution in [0.1, 0.15) is 57.8 Å². The van der Waals surface area contributed by atoms with Crippen LogP contribution in [-0.4, -0.2) is 116 Å². The molecule has 0 N–H and O–H groups in total. The van der Waals surface area contributed by atoms with E-state index in [0.29, 0.717) is 0 Å². The van der Waals surface area contributed by atoms with Crippen molar-refractivity contribution in [2.45, 2.75) is 63.9 Å². The van der Waals surface area contributed by atoms with Gasteiger partial charge in [-0.1, -0.05) is 0 Å². The van der Waals surface area contributed by atoms with Crippen LogP contribution in [0.4, 0.5) is 0 Å². The first kappa shape index (κ1) is 38.7. The highest BCUT2D eigenvalue weighted by Crippen LogP contribution is 2.07. The van der Waals surface area contributed by atoms with E-state index in [4.69, 9.17) is 42.6 Å². The molecular formula is C27H44O15. The number of carbonyl (C=O) groups excluding carboxylic acids is 6. The summed E-state index contributed by atoms with van der Waals surface area (Å²) >= 11 is 0. The van der Waals surface area contributed by atoms with Crippen molar-refractivity contribution < 1.29 is 71.4 Å².